The number of carboxylic acid groups (broad SMARTS) is 1. The standard InChI is InChI=1S/C23H26O7S/c1-2-3-6-15-11-13-16(14-12-15)31(26,27)30-23(22(24)25)29-20-10-5-8-18-17-7-4-9-19(17)28-21(18)20/h5,8,10-14,17,19,23H,2-4,6-7,9H2,1H3,(H,24,25). The van der Waals surface area contributed by atoms with Crippen LogP contribution >= 0.6 is 0 Å². The fourth-order valence-electron chi connectivity index (χ4n) is 4.22. The lowest BCUT2D eigenvalue weighted by Gasteiger charge is -2.18. The summed E-state index contributed by atoms with van der Waals surface area (Å²) in [5.41, 5.74) is 1.98. The topological polar surface area (TPSA) is 99.1 Å². The monoisotopic (exact) mass is 446 g/mol. The quantitative estimate of drug-likeness (QED) is 0.454. The molecule has 0 spiro atoms. The van der Waals surface area contributed by atoms with Gasteiger partial charge in [-0.3, -0.25) is 0 Å². The molecule has 166 valence electrons. The maximum absolute atomic E-state index is 12.7. The van der Waals surface area contributed by atoms with Crippen molar-refractivity contribution in [3.05, 3.63) is 53.6 Å². The highest BCUT2D eigenvalue weighted by molar-refractivity contribution is 7.86. The molecule has 4 rings (SSSR count). The summed E-state index contributed by atoms with van der Waals surface area (Å²) >= 11 is 0. The van der Waals surface area contributed by atoms with Crippen LogP contribution < -0.4 is 9.47 Å². The third-order valence-electron chi connectivity index (χ3n) is 5.81. The van der Waals surface area contributed by atoms with E-state index in [1.807, 2.05) is 6.07 Å². The molecule has 1 aliphatic heterocycles. The van der Waals surface area contributed by atoms with Gasteiger partial charge in [0.2, 0.25) is 0 Å². The molecule has 2 aromatic carbocycles. The van der Waals surface area contributed by atoms with Crippen molar-refractivity contribution in [1.29, 1.82) is 0 Å². The van der Waals surface area contributed by atoms with Gasteiger partial charge >= 0.3 is 22.4 Å². The van der Waals surface area contributed by atoms with Crippen molar-refractivity contribution in [1.82, 2.24) is 0 Å². The van der Waals surface area contributed by atoms with Crippen LogP contribution in [0.2, 0.25) is 0 Å². The summed E-state index contributed by atoms with van der Waals surface area (Å²) in [7, 11) is -4.34. The summed E-state index contributed by atoms with van der Waals surface area (Å²) in [5, 5.41) is 9.54. The fraction of sp³-hybridized carbons (Fsp3) is 0.435. The summed E-state index contributed by atoms with van der Waals surface area (Å²) in [6.45, 7) is 2.08. The molecular formula is C23H26O7S. The Balaban J connectivity index is 1.51. The minimum absolute atomic E-state index is 0.0545. The molecular weight excluding hydrogens is 420 g/mol. The molecule has 2 aliphatic rings. The number of unbranched alkanes of at least 4 members (excludes halogenated alkanes) is 1. The van der Waals surface area contributed by atoms with Crippen LogP contribution in [0.25, 0.3) is 0 Å². The van der Waals surface area contributed by atoms with Gasteiger partial charge in [-0.05, 0) is 55.9 Å². The summed E-state index contributed by atoms with van der Waals surface area (Å²) in [5.74, 6) is -0.634. The van der Waals surface area contributed by atoms with E-state index in [-0.39, 0.29) is 22.7 Å². The van der Waals surface area contributed by atoms with E-state index in [2.05, 4.69) is 6.92 Å². The van der Waals surface area contributed by atoms with Crippen molar-refractivity contribution in [3.63, 3.8) is 0 Å². The number of fused-ring (bicyclic) bond motifs is 3. The van der Waals surface area contributed by atoms with E-state index < -0.39 is 22.4 Å². The molecule has 1 saturated carbocycles. The molecule has 0 bridgehead atoms. The molecule has 1 N–H and O–H groups in total. The minimum atomic E-state index is -4.34. The first kappa shape index (κ1) is 21.6. The van der Waals surface area contributed by atoms with E-state index >= 15 is 0 Å². The highest BCUT2D eigenvalue weighted by atomic mass is 32.2. The van der Waals surface area contributed by atoms with E-state index in [0.29, 0.717) is 5.75 Å². The average Bonchev–Trinajstić information content (AvgIpc) is 3.34. The third-order valence-corrected chi connectivity index (χ3v) is 7.09. The molecule has 1 aliphatic carbocycles. The number of para-hydroxylation sites is 1. The average molecular weight is 447 g/mol. The Labute approximate surface area is 182 Å². The van der Waals surface area contributed by atoms with Crippen LogP contribution in [0.5, 0.6) is 11.5 Å². The van der Waals surface area contributed by atoms with E-state index in [4.69, 9.17) is 13.7 Å². The molecule has 2 aromatic rings. The van der Waals surface area contributed by atoms with Crippen molar-refractivity contribution < 1.29 is 32.0 Å². The van der Waals surface area contributed by atoms with E-state index in [0.717, 1.165) is 49.7 Å². The van der Waals surface area contributed by atoms with Crippen LogP contribution in [-0.2, 0) is 25.5 Å². The second-order valence-corrected chi connectivity index (χ2v) is 9.53. The van der Waals surface area contributed by atoms with Crippen molar-refractivity contribution >= 4 is 16.1 Å². The van der Waals surface area contributed by atoms with Crippen molar-refractivity contribution in [2.75, 3.05) is 0 Å². The van der Waals surface area contributed by atoms with Crippen LogP contribution in [0.15, 0.2) is 47.4 Å². The number of hydrogen-bond acceptors (Lipinski definition) is 6. The normalized spacial score (nSPS) is 20.5. The van der Waals surface area contributed by atoms with Gasteiger partial charge in [-0.25, -0.2) is 8.98 Å². The molecule has 1 fully saturated rings. The Bertz CT molecular complexity index is 1050. The second kappa shape index (κ2) is 8.88. The number of hydrogen-bond donors (Lipinski definition) is 1. The Morgan fingerprint density at radius 3 is 2.68 bits per heavy atom. The van der Waals surface area contributed by atoms with Crippen LogP contribution in [0.3, 0.4) is 0 Å². The lowest BCUT2D eigenvalue weighted by atomic mass is 9.97. The van der Waals surface area contributed by atoms with Crippen molar-refractivity contribution in [3.8, 4) is 11.5 Å². The molecule has 7 nitrogen and oxygen atoms in total. The summed E-state index contributed by atoms with van der Waals surface area (Å²) in [6.07, 6.45) is 3.93. The Morgan fingerprint density at radius 1 is 1.19 bits per heavy atom. The highest BCUT2D eigenvalue weighted by Crippen LogP contribution is 2.50. The summed E-state index contributed by atoms with van der Waals surface area (Å²) in [6, 6.07) is 11.5. The molecule has 3 atom stereocenters. The van der Waals surface area contributed by atoms with Gasteiger partial charge in [0.15, 0.2) is 11.5 Å². The molecule has 3 unspecified atom stereocenters. The van der Waals surface area contributed by atoms with Crippen molar-refractivity contribution in [2.45, 2.75) is 68.7 Å². The number of carboxylic acids is 1. The molecule has 31 heavy (non-hydrogen) atoms. The van der Waals surface area contributed by atoms with Gasteiger partial charge in [0.1, 0.15) is 6.10 Å². The number of aryl methyl sites for hydroxylation is 1. The largest absolute Gasteiger partial charge is 0.486 e. The smallest absolute Gasteiger partial charge is 0.375 e. The number of benzene rings is 2. The van der Waals surface area contributed by atoms with Crippen LogP contribution in [0.4, 0.5) is 0 Å². The van der Waals surface area contributed by atoms with Crippen LogP contribution in [-0.4, -0.2) is 31.9 Å². The zero-order valence-electron chi connectivity index (χ0n) is 17.3. The van der Waals surface area contributed by atoms with Gasteiger partial charge in [0.25, 0.3) is 0 Å². The molecule has 0 saturated heterocycles. The molecule has 0 radical (unpaired) electrons. The van der Waals surface area contributed by atoms with E-state index in [1.165, 1.54) is 12.1 Å². The first-order valence-corrected chi connectivity index (χ1v) is 12.0. The van der Waals surface area contributed by atoms with Crippen LogP contribution in [0.1, 0.15) is 56.1 Å². The predicted octanol–water partition coefficient (Wildman–Crippen LogP) is 4.25. The van der Waals surface area contributed by atoms with E-state index in [9.17, 15) is 18.3 Å². The second-order valence-electron chi connectivity index (χ2n) is 7.95. The zero-order chi connectivity index (χ0) is 22.0. The van der Waals surface area contributed by atoms with E-state index in [1.54, 1.807) is 24.3 Å². The first-order valence-electron chi connectivity index (χ1n) is 10.6. The summed E-state index contributed by atoms with van der Waals surface area (Å²) in [4.78, 5) is 11.6. The SMILES string of the molecule is CCCCc1ccc(S(=O)(=O)OC(Oc2cccc3c2OC2CCCC32)C(=O)O)cc1. The first-order chi connectivity index (χ1) is 14.9. The molecule has 8 heteroatoms. The zero-order valence-corrected chi connectivity index (χ0v) is 18.1. The van der Waals surface area contributed by atoms with Gasteiger partial charge in [0.05, 0.1) is 4.90 Å². The van der Waals surface area contributed by atoms with Gasteiger partial charge in [-0.2, -0.15) is 8.42 Å². The molecule has 0 aromatic heterocycles. The van der Waals surface area contributed by atoms with Gasteiger partial charge in [0, 0.05) is 11.5 Å². The predicted molar refractivity (Wildman–Crippen MR) is 113 cm³/mol. The number of carbonyl (C=O) groups is 1. The van der Waals surface area contributed by atoms with Crippen LogP contribution in [0, 0.1) is 0 Å². The third kappa shape index (κ3) is 4.55. The number of ether oxygens (including phenoxy) is 2. The molecule has 0 amide bonds. The van der Waals surface area contributed by atoms with Crippen molar-refractivity contribution in [2.24, 2.45) is 0 Å². The lowest BCUT2D eigenvalue weighted by Crippen LogP contribution is -2.32. The van der Waals surface area contributed by atoms with Gasteiger partial charge in [-0.1, -0.05) is 37.6 Å². The molecule has 1 heterocycles. The minimum Gasteiger partial charge on any atom is -0.486 e. The Kier molecular flexibility index (Phi) is 6.20. The fourth-order valence-corrected chi connectivity index (χ4v) is 5.15. The number of aliphatic carboxylic acids is 1. The maximum atomic E-state index is 12.7. The lowest BCUT2D eigenvalue weighted by molar-refractivity contribution is -0.158. The Hall–Kier alpha value is -2.58. The summed E-state index contributed by atoms with van der Waals surface area (Å²) < 4.78 is 41.7. The maximum Gasteiger partial charge on any atom is 0.375 e. The number of rotatable bonds is 9. The Morgan fingerprint density at radius 2 is 1.97 bits per heavy atom. The van der Waals surface area contributed by atoms with Gasteiger partial charge in [-0.15, -0.1) is 0 Å². The highest BCUT2D eigenvalue weighted by Gasteiger charge is 2.40. The van der Waals surface area contributed by atoms with Gasteiger partial charge < -0.3 is 14.6 Å².